The molecular formula is C16H19ClN4O3. The van der Waals surface area contributed by atoms with Gasteiger partial charge in [-0.1, -0.05) is 24.9 Å². The first kappa shape index (κ1) is 17.8. The number of aromatic nitrogens is 2. The van der Waals surface area contributed by atoms with Crippen LogP contribution in [0.25, 0.3) is 0 Å². The molecule has 7 nitrogen and oxygen atoms in total. The number of halogens is 1. The third-order valence-electron chi connectivity index (χ3n) is 3.14. The second-order valence-electron chi connectivity index (χ2n) is 4.91. The third kappa shape index (κ3) is 4.73. The molecule has 0 spiro atoms. The van der Waals surface area contributed by atoms with Crippen LogP contribution in [0.3, 0.4) is 0 Å². The van der Waals surface area contributed by atoms with Crippen molar-refractivity contribution in [1.29, 1.82) is 0 Å². The molecule has 1 aromatic heterocycles. The Morgan fingerprint density at radius 2 is 2.25 bits per heavy atom. The summed E-state index contributed by atoms with van der Waals surface area (Å²) in [6.45, 7) is 2.76. The Kier molecular flexibility index (Phi) is 6.62. The van der Waals surface area contributed by atoms with E-state index in [0.29, 0.717) is 23.8 Å². The topological polar surface area (TPSA) is 88.6 Å². The van der Waals surface area contributed by atoms with Gasteiger partial charge in [0.2, 0.25) is 0 Å². The van der Waals surface area contributed by atoms with Gasteiger partial charge in [0.25, 0.3) is 5.56 Å². The van der Waals surface area contributed by atoms with Gasteiger partial charge in [-0.15, -0.1) is 0 Å². The van der Waals surface area contributed by atoms with Crippen molar-refractivity contribution in [2.75, 3.05) is 19.1 Å². The zero-order valence-corrected chi connectivity index (χ0v) is 14.3. The summed E-state index contributed by atoms with van der Waals surface area (Å²) in [5.74, 6) is 1.32. The molecule has 128 valence electrons. The molecule has 0 saturated heterocycles. The van der Waals surface area contributed by atoms with Crippen molar-refractivity contribution < 1.29 is 9.47 Å². The first-order valence-electron chi connectivity index (χ1n) is 7.48. The molecule has 0 saturated carbocycles. The zero-order chi connectivity index (χ0) is 17.4. The Labute approximate surface area is 144 Å². The Morgan fingerprint density at radius 1 is 1.42 bits per heavy atom. The number of hydrazone groups is 1. The number of methoxy groups -OCH3 is 1. The van der Waals surface area contributed by atoms with Crippen molar-refractivity contribution >= 4 is 23.5 Å². The number of unbranched alkanes of at least 4 members (excludes halogenated alkanes) is 1. The predicted octanol–water partition coefficient (Wildman–Crippen LogP) is 3.06. The van der Waals surface area contributed by atoms with Crippen molar-refractivity contribution in [2.24, 2.45) is 5.10 Å². The smallest absolute Gasteiger partial charge is 0.285 e. The number of ether oxygens (including phenoxy) is 2. The van der Waals surface area contributed by atoms with E-state index in [9.17, 15) is 4.79 Å². The summed E-state index contributed by atoms with van der Waals surface area (Å²) in [7, 11) is 1.59. The first-order valence-corrected chi connectivity index (χ1v) is 7.86. The number of hydrogen-bond donors (Lipinski definition) is 2. The molecule has 24 heavy (non-hydrogen) atoms. The molecule has 2 N–H and O–H groups in total. The van der Waals surface area contributed by atoms with E-state index in [1.54, 1.807) is 13.3 Å². The Bertz CT molecular complexity index is 761. The lowest BCUT2D eigenvalue weighted by molar-refractivity contribution is 0.288. The summed E-state index contributed by atoms with van der Waals surface area (Å²) in [5, 5.41) is 9.93. The van der Waals surface area contributed by atoms with Gasteiger partial charge in [-0.25, -0.2) is 5.10 Å². The lowest BCUT2D eigenvalue weighted by Crippen LogP contribution is -2.10. The fourth-order valence-electron chi connectivity index (χ4n) is 1.85. The van der Waals surface area contributed by atoms with Crippen LogP contribution in [0.2, 0.25) is 5.02 Å². The number of aromatic amines is 1. The van der Waals surface area contributed by atoms with Crippen LogP contribution in [-0.4, -0.2) is 30.1 Å². The molecule has 0 aliphatic carbocycles. The highest BCUT2D eigenvalue weighted by Crippen LogP contribution is 2.27. The van der Waals surface area contributed by atoms with Crippen LogP contribution >= 0.6 is 11.6 Å². The molecule has 0 bridgehead atoms. The molecule has 0 atom stereocenters. The highest BCUT2D eigenvalue weighted by molar-refractivity contribution is 6.32. The van der Waals surface area contributed by atoms with Crippen molar-refractivity contribution in [3.8, 4) is 11.5 Å². The molecule has 0 aliphatic heterocycles. The van der Waals surface area contributed by atoms with E-state index in [0.717, 1.165) is 18.4 Å². The molecule has 1 aromatic carbocycles. The molecular weight excluding hydrogens is 332 g/mol. The fraction of sp³-hybridized carbons (Fsp3) is 0.312. The molecule has 0 amide bonds. The van der Waals surface area contributed by atoms with Gasteiger partial charge >= 0.3 is 0 Å². The van der Waals surface area contributed by atoms with Crippen molar-refractivity contribution in [3.05, 3.63) is 45.3 Å². The lowest BCUT2D eigenvalue weighted by Gasteiger charge is -2.10. The van der Waals surface area contributed by atoms with Crippen molar-refractivity contribution in [1.82, 2.24) is 10.2 Å². The van der Waals surface area contributed by atoms with Gasteiger partial charge in [-0.2, -0.15) is 10.2 Å². The van der Waals surface area contributed by atoms with E-state index in [1.165, 1.54) is 6.20 Å². The maximum Gasteiger partial charge on any atom is 0.285 e. The van der Waals surface area contributed by atoms with E-state index in [1.807, 2.05) is 18.2 Å². The second-order valence-corrected chi connectivity index (χ2v) is 5.29. The maximum atomic E-state index is 11.3. The lowest BCUT2D eigenvalue weighted by atomic mass is 10.2. The molecule has 2 rings (SSSR count). The fourth-order valence-corrected chi connectivity index (χ4v) is 1.98. The first-order chi connectivity index (χ1) is 11.7. The SMILES string of the molecule is CCCCOc1ccc(/C=N/Nc2cn[nH]c(=O)c2Cl)cc1OC. The molecule has 1 heterocycles. The highest BCUT2D eigenvalue weighted by Gasteiger charge is 2.05. The van der Waals surface area contributed by atoms with E-state index in [2.05, 4.69) is 27.6 Å². The van der Waals surface area contributed by atoms with Crippen LogP contribution in [0.4, 0.5) is 5.69 Å². The average molecular weight is 351 g/mol. The van der Waals surface area contributed by atoms with Crippen LogP contribution in [0.1, 0.15) is 25.3 Å². The maximum absolute atomic E-state index is 11.3. The standard InChI is InChI=1S/C16H19ClN4O3/c1-3-4-7-24-13-6-5-11(8-14(13)23-2)9-18-20-12-10-19-21-16(22)15(12)17/h5-6,8-10H,3-4,7H2,1-2H3,(H2,20,21,22)/b18-9+. The summed E-state index contributed by atoms with van der Waals surface area (Å²) in [4.78, 5) is 11.3. The summed E-state index contributed by atoms with van der Waals surface area (Å²) in [6.07, 6.45) is 5.02. The molecule has 0 radical (unpaired) electrons. The van der Waals surface area contributed by atoms with Crippen LogP contribution in [0, 0.1) is 0 Å². The van der Waals surface area contributed by atoms with E-state index in [4.69, 9.17) is 21.1 Å². The Morgan fingerprint density at radius 3 is 3.00 bits per heavy atom. The quantitative estimate of drug-likeness (QED) is 0.434. The number of anilines is 1. The summed E-state index contributed by atoms with van der Waals surface area (Å²) >= 11 is 5.85. The molecule has 0 fully saturated rings. The highest BCUT2D eigenvalue weighted by atomic mass is 35.5. The van der Waals surface area contributed by atoms with Gasteiger partial charge in [-0.3, -0.25) is 10.2 Å². The van der Waals surface area contributed by atoms with Gasteiger partial charge in [0.15, 0.2) is 11.5 Å². The van der Waals surface area contributed by atoms with Crippen LogP contribution in [0.5, 0.6) is 11.5 Å². The van der Waals surface area contributed by atoms with Crippen LogP contribution < -0.4 is 20.5 Å². The van der Waals surface area contributed by atoms with Gasteiger partial charge < -0.3 is 9.47 Å². The summed E-state index contributed by atoms with van der Waals surface area (Å²) in [5.41, 5.74) is 3.32. The third-order valence-corrected chi connectivity index (χ3v) is 3.51. The number of benzene rings is 1. The monoisotopic (exact) mass is 350 g/mol. The Hall–Kier alpha value is -2.54. The van der Waals surface area contributed by atoms with E-state index in [-0.39, 0.29) is 5.02 Å². The van der Waals surface area contributed by atoms with Gasteiger partial charge in [-0.05, 0) is 30.2 Å². The predicted molar refractivity (Wildman–Crippen MR) is 94.5 cm³/mol. The average Bonchev–Trinajstić information content (AvgIpc) is 2.59. The minimum atomic E-state index is -0.480. The van der Waals surface area contributed by atoms with E-state index < -0.39 is 5.56 Å². The minimum absolute atomic E-state index is 0.000553. The number of nitrogens with one attached hydrogen (secondary N) is 2. The molecule has 0 unspecified atom stereocenters. The number of nitrogens with zero attached hydrogens (tertiary/aromatic N) is 2. The largest absolute Gasteiger partial charge is 0.493 e. The Balaban J connectivity index is 2.06. The minimum Gasteiger partial charge on any atom is -0.493 e. The van der Waals surface area contributed by atoms with Crippen LogP contribution in [-0.2, 0) is 0 Å². The van der Waals surface area contributed by atoms with Gasteiger partial charge in [0.1, 0.15) is 10.7 Å². The zero-order valence-electron chi connectivity index (χ0n) is 13.5. The number of H-pyrrole nitrogens is 1. The van der Waals surface area contributed by atoms with E-state index >= 15 is 0 Å². The van der Waals surface area contributed by atoms with Gasteiger partial charge in [0.05, 0.1) is 26.1 Å². The number of hydrogen-bond acceptors (Lipinski definition) is 6. The molecule has 2 aromatic rings. The second kappa shape index (κ2) is 8.93. The van der Waals surface area contributed by atoms with Crippen molar-refractivity contribution in [3.63, 3.8) is 0 Å². The normalized spacial score (nSPS) is 10.8. The molecule has 0 aliphatic rings. The summed E-state index contributed by atoms with van der Waals surface area (Å²) in [6, 6.07) is 5.49. The van der Waals surface area contributed by atoms with Crippen molar-refractivity contribution in [2.45, 2.75) is 19.8 Å². The van der Waals surface area contributed by atoms with Crippen LogP contribution in [0.15, 0.2) is 34.3 Å². The van der Waals surface area contributed by atoms with Gasteiger partial charge in [0, 0.05) is 0 Å². The molecule has 8 heteroatoms. The number of rotatable bonds is 8. The summed E-state index contributed by atoms with van der Waals surface area (Å²) < 4.78 is 11.0.